The van der Waals surface area contributed by atoms with Crippen molar-refractivity contribution in [3.8, 4) is 5.75 Å². The van der Waals surface area contributed by atoms with Crippen molar-refractivity contribution >= 4 is 17.9 Å². The first-order chi connectivity index (χ1) is 5.86. The lowest BCUT2D eigenvalue weighted by Crippen LogP contribution is -2.05. The number of benzene rings is 1. The summed E-state index contributed by atoms with van der Waals surface area (Å²) >= 11 is 0. The minimum absolute atomic E-state index is 0.245. The quantitative estimate of drug-likeness (QED) is 0.429. The van der Waals surface area contributed by atoms with Crippen LogP contribution in [-0.4, -0.2) is 12.2 Å². The highest BCUT2D eigenvalue weighted by Gasteiger charge is 2.09. The van der Waals surface area contributed by atoms with Gasteiger partial charge in [0.15, 0.2) is 5.75 Å². The Balaban J connectivity index is 2.48. The Labute approximate surface area is 69.7 Å². The predicted molar refractivity (Wildman–Crippen MR) is 44.8 cm³/mol. The van der Waals surface area contributed by atoms with Crippen LogP contribution in [0.15, 0.2) is 29.3 Å². The fourth-order valence-electron chi connectivity index (χ4n) is 1.03. The molecule has 0 spiro atoms. The molecule has 0 aromatic heterocycles. The van der Waals surface area contributed by atoms with E-state index in [1.165, 1.54) is 0 Å². The summed E-state index contributed by atoms with van der Waals surface area (Å²) in [4.78, 5) is 15.0. The van der Waals surface area contributed by atoms with Crippen LogP contribution in [0, 0.1) is 0 Å². The lowest BCUT2D eigenvalue weighted by atomic mass is 10.3. The van der Waals surface area contributed by atoms with E-state index in [-0.39, 0.29) is 12.4 Å². The van der Waals surface area contributed by atoms with Crippen molar-refractivity contribution in [1.29, 1.82) is 0 Å². The number of ether oxygens (including phenoxy) is 1. The number of hydrogen-bond donors (Lipinski definition) is 0. The lowest BCUT2D eigenvalue weighted by Gasteiger charge is -2.01. The van der Waals surface area contributed by atoms with Crippen LogP contribution in [0.4, 0.5) is 5.69 Å². The summed E-state index contributed by atoms with van der Waals surface area (Å²) in [5.74, 6) is 0.278. The average Bonchev–Trinajstić information content (AvgIpc) is 2.25. The van der Waals surface area contributed by atoms with Crippen molar-refractivity contribution in [2.24, 2.45) is 4.99 Å². The van der Waals surface area contributed by atoms with Crippen molar-refractivity contribution in [3.05, 3.63) is 24.3 Å². The second kappa shape index (κ2) is 2.77. The first kappa shape index (κ1) is 7.03. The van der Waals surface area contributed by atoms with Crippen molar-refractivity contribution in [2.75, 3.05) is 0 Å². The molecule has 1 aromatic carbocycles. The van der Waals surface area contributed by atoms with E-state index < -0.39 is 0 Å². The highest BCUT2D eigenvalue weighted by Crippen LogP contribution is 2.28. The van der Waals surface area contributed by atoms with Crippen molar-refractivity contribution < 1.29 is 9.53 Å². The van der Waals surface area contributed by atoms with Gasteiger partial charge < -0.3 is 4.74 Å². The zero-order valence-corrected chi connectivity index (χ0v) is 6.36. The molecule has 1 heterocycles. The highest BCUT2D eigenvalue weighted by molar-refractivity contribution is 5.91. The maximum absolute atomic E-state index is 10.9. The molecule has 1 aliphatic rings. The number of fused-ring (bicyclic) bond motifs is 1. The van der Waals surface area contributed by atoms with Gasteiger partial charge in [-0.05, 0) is 12.1 Å². The Morgan fingerprint density at radius 3 is 3.08 bits per heavy atom. The molecule has 0 fully saturated rings. The van der Waals surface area contributed by atoms with Crippen LogP contribution in [0.5, 0.6) is 5.75 Å². The normalized spacial score (nSPS) is 14.8. The van der Waals surface area contributed by atoms with Gasteiger partial charge in [0.25, 0.3) is 0 Å². The molecule has 1 aliphatic heterocycles. The van der Waals surface area contributed by atoms with Gasteiger partial charge in [-0.25, -0.2) is 0 Å². The van der Waals surface area contributed by atoms with E-state index in [9.17, 15) is 4.79 Å². The topological polar surface area (TPSA) is 38.7 Å². The Kier molecular flexibility index (Phi) is 1.63. The number of carbonyl (C=O) groups excluding carboxylic acids is 1. The van der Waals surface area contributed by atoms with Gasteiger partial charge in [0.2, 0.25) is 0 Å². The van der Waals surface area contributed by atoms with Gasteiger partial charge in [0.1, 0.15) is 5.69 Å². The summed E-state index contributed by atoms with van der Waals surface area (Å²) in [5.41, 5.74) is 0.711. The number of esters is 1. The van der Waals surface area contributed by atoms with E-state index in [4.69, 9.17) is 4.74 Å². The third-order valence-corrected chi connectivity index (χ3v) is 1.58. The predicted octanol–water partition coefficient (Wildman–Crippen LogP) is 1.70. The Morgan fingerprint density at radius 1 is 1.33 bits per heavy atom. The Morgan fingerprint density at radius 2 is 2.17 bits per heavy atom. The van der Waals surface area contributed by atoms with Gasteiger partial charge in [0, 0.05) is 6.21 Å². The summed E-state index contributed by atoms with van der Waals surface area (Å²) in [6.07, 6.45) is 1.81. The zero-order valence-electron chi connectivity index (χ0n) is 6.36. The van der Waals surface area contributed by atoms with Gasteiger partial charge >= 0.3 is 5.97 Å². The zero-order chi connectivity index (χ0) is 8.39. The molecule has 0 atom stereocenters. The Hall–Kier alpha value is -1.64. The number of nitrogens with zero attached hydrogens (tertiary/aromatic N) is 1. The monoisotopic (exact) mass is 161 g/mol. The molecular formula is C9H7NO2. The van der Waals surface area contributed by atoms with Crippen LogP contribution in [0.25, 0.3) is 0 Å². The van der Waals surface area contributed by atoms with E-state index in [0.29, 0.717) is 11.4 Å². The molecule has 12 heavy (non-hydrogen) atoms. The van der Waals surface area contributed by atoms with Gasteiger partial charge in [-0.1, -0.05) is 12.1 Å². The average molecular weight is 161 g/mol. The molecule has 0 bridgehead atoms. The van der Waals surface area contributed by atoms with Gasteiger partial charge in [-0.2, -0.15) is 0 Å². The van der Waals surface area contributed by atoms with Gasteiger partial charge in [-0.15, -0.1) is 0 Å². The first-order valence-electron chi connectivity index (χ1n) is 3.68. The Bertz CT molecular complexity index is 344. The number of para-hydroxylation sites is 2. The molecule has 3 heteroatoms. The van der Waals surface area contributed by atoms with E-state index >= 15 is 0 Å². The first-order valence-corrected chi connectivity index (χ1v) is 3.68. The van der Waals surface area contributed by atoms with Crippen molar-refractivity contribution in [2.45, 2.75) is 6.42 Å². The number of aliphatic imine (C=N–C) groups is 1. The summed E-state index contributed by atoms with van der Waals surface area (Å²) in [6.45, 7) is 0. The fourth-order valence-corrected chi connectivity index (χ4v) is 1.03. The van der Waals surface area contributed by atoms with E-state index in [1.54, 1.807) is 12.3 Å². The molecule has 1 aromatic rings. The third kappa shape index (κ3) is 1.21. The molecule has 3 nitrogen and oxygen atoms in total. The molecule has 0 unspecified atom stereocenters. The van der Waals surface area contributed by atoms with Crippen molar-refractivity contribution in [3.63, 3.8) is 0 Å². The minimum atomic E-state index is -0.260. The maximum Gasteiger partial charge on any atom is 0.316 e. The second-order valence-electron chi connectivity index (χ2n) is 2.46. The molecular weight excluding hydrogens is 154 g/mol. The van der Waals surface area contributed by atoms with Crippen LogP contribution in [0.3, 0.4) is 0 Å². The van der Waals surface area contributed by atoms with Gasteiger partial charge in [0.05, 0.1) is 6.42 Å². The lowest BCUT2D eigenvalue weighted by molar-refractivity contribution is -0.132. The number of rotatable bonds is 0. The van der Waals surface area contributed by atoms with Crippen LogP contribution in [0.2, 0.25) is 0 Å². The van der Waals surface area contributed by atoms with Crippen LogP contribution in [0.1, 0.15) is 6.42 Å². The molecule has 0 amide bonds. The molecule has 2 rings (SSSR count). The summed E-state index contributed by atoms with van der Waals surface area (Å²) in [6, 6.07) is 7.21. The summed E-state index contributed by atoms with van der Waals surface area (Å²) in [7, 11) is 0. The SMILES string of the molecule is O=C1CC=Nc2ccccc2O1. The summed E-state index contributed by atoms with van der Waals surface area (Å²) < 4.78 is 4.99. The summed E-state index contributed by atoms with van der Waals surface area (Å²) in [5, 5.41) is 0. The highest BCUT2D eigenvalue weighted by atomic mass is 16.5. The number of carbonyl (C=O) groups is 1. The largest absolute Gasteiger partial charge is 0.424 e. The molecule has 0 saturated carbocycles. The van der Waals surface area contributed by atoms with Crippen LogP contribution >= 0.6 is 0 Å². The third-order valence-electron chi connectivity index (χ3n) is 1.58. The number of hydrogen-bond acceptors (Lipinski definition) is 3. The fraction of sp³-hybridized carbons (Fsp3) is 0.111. The second-order valence-corrected chi connectivity index (χ2v) is 2.46. The van der Waals surface area contributed by atoms with Gasteiger partial charge in [-0.3, -0.25) is 9.79 Å². The van der Waals surface area contributed by atoms with Crippen molar-refractivity contribution in [1.82, 2.24) is 0 Å². The molecule has 0 radical (unpaired) electrons. The van der Waals surface area contributed by atoms with E-state index in [0.717, 1.165) is 0 Å². The van der Waals surface area contributed by atoms with E-state index in [2.05, 4.69) is 4.99 Å². The molecule has 60 valence electrons. The molecule has 0 aliphatic carbocycles. The molecule has 0 N–H and O–H groups in total. The standard InChI is InChI=1S/C9H7NO2/c11-9-5-6-10-7-3-1-2-4-8(7)12-9/h1-4,6H,5H2. The van der Waals surface area contributed by atoms with E-state index in [1.807, 2.05) is 18.2 Å². The van der Waals surface area contributed by atoms with Crippen LogP contribution in [-0.2, 0) is 4.79 Å². The minimum Gasteiger partial charge on any atom is -0.424 e. The molecule has 0 saturated heterocycles. The maximum atomic E-state index is 10.9. The smallest absolute Gasteiger partial charge is 0.316 e. The van der Waals surface area contributed by atoms with Crippen LogP contribution < -0.4 is 4.74 Å².